The van der Waals surface area contributed by atoms with Crippen molar-refractivity contribution in [3.63, 3.8) is 0 Å². The number of ether oxygens (including phenoxy) is 2. The Labute approximate surface area is 135 Å². The Balaban J connectivity index is 2.23. The fourth-order valence-corrected chi connectivity index (χ4v) is 3.07. The Bertz CT molecular complexity index is 799. The zero-order valence-electron chi connectivity index (χ0n) is 12.8. The first-order valence-corrected chi connectivity index (χ1v) is 8.34. The molecule has 0 aliphatic carbocycles. The summed E-state index contributed by atoms with van der Waals surface area (Å²) in [4.78, 5) is -0.0685. The van der Waals surface area contributed by atoms with E-state index in [1.54, 1.807) is 36.4 Å². The molecule has 0 unspecified atom stereocenters. The lowest BCUT2D eigenvalue weighted by atomic mass is 10.1. The van der Waals surface area contributed by atoms with Gasteiger partial charge in [0.25, 0.3) is 0 Å². The maximum Gasteiger partial charge on any atom is 0.232 e. The summed E-state index contributed by atoms with van der Waals surface area (Å²) < 4.78 is 48.6. The number of sulfone groups is 1. The zero-order valence-corrected chi connectivity index (χ0v) is 13.6. The van der Waals surface area contributed by atoms with E-state index in [1.165, 1.54) is 26.4 Å². The molecule has 0 spiro atoms. The molecule has 2 aromatic rings. The van der Waals surface area contributed by atoms with Gasteiger partial charge in [-0.15, -0.1) is 0 Å². The van der Waals surface area contributed by atoms with Gasteiger partial charge in [-0.25, -0.2) is 8.42 Å². The van der Waals surface area contributed by atoms with E-state index >= 15 is 0 Å². The van der Waals surface area contributed by atoms with Gasteiger partial charge in [-0.3, -0.25) is 0 Å². The zero-order chi connectivity index (χ0) is 16.9. The number of hydrogen-bond donors (Lipinski definition) is 0. The van der Waals surface area contributed by atoms with E-state index in [4.69, 9.17) is 9.47 Å². The Morgan fingerprint density at radius 2 is 1.70 bits per heavy atom. The smallest absolute Gasteiger partial charge is 0.232 e. The maximum absolute atomic E-state index is 14.1. The average molecular weight is 336 g/mol. The van der Waals surface area contributed by atoms with E-state index in [2.05, 4.69) is 0 Å². The van der Waals surface area contributed by atoms with Gasteiger partial charge in [0.2, 0.25) is 15.0 Å². The van der Waals surface area contributed by atoms with E-state index in [1.807, 2.05) is 0 Å². The van der Waals surface area contributed by atoms with Crippen LogP contribution in [0.1, 0.15) is 5.56 Å². The van der Waals surface area contributed by atoms with Gasteiger partial charge in [0.1, 0.15) is 0 Å². The number of allylic oxidation sites excluding steroid dienone is 1. The fraction of sp³-hybridized carbons (Fsp3) is 0.176. The predicted octanol–water partition coefficient (Wildman–Crippen LogP) is 3.53. The van der Waals surface area contributed by atoms with Gasteiger partial charge in [0.05, 0.1) is 19.1 Å². The third-order valence-electron chi connectivity index (χ3n) is 3.26. The van der Waals surface area contributed by atoms with Gasteiger partial charge in [0.15, 0.2) is 11.5 Å². The molecule has 0 atom stereocenters. The van der Waals surface area contributed by atoms with Crippen molar-refractivity contribution in [2.45, 2.75) is 11.3 Å². The molecule has 0 N–H and O–H groups in total. The van der Waals surface area contributed by atoms with Gasteiger partial charge in [0, 0.05) is 0 Å². The molecular weight excluding hydrogens is 319 g/mol. The van der Waals surface area contributed by atoms with Crippen molar-refractivity contribution >= 4 is 9.84 Å². The number of rotatable bonds is 6. The Hall–Kier alpha value is -2.34. The van der Waals surface area contributed by atoms with Crippen LogP contribution in [-0.2, 0) is 16.3 Å². The molecule has 2 aromatic carbocycles. The van der Waals surface area contributed by atoms with Gasteiger partial charge in [-0.05, 0) is 42.3 Å². The van der Waals surface area contributed by atoms with Crippen LogP contribution in [0.3, 0.4) is 0 Å². The SMILES string of the molecule is COc1ccc(C/C=C(\F)S(=O)(=O)c2ccccc2)cc1OC. The highest BCUT2D eigenvalue weighted by atomic mass is 32.2. The standard InChI is InChI=1S/C17H17FO4S/c1-21-15-10-8-13(12-16(15)22-2)9-11-17(18)23(19,20)14-6-4-3-5-7-14/h3-8,10-12H,9H2,1-2H3/b17-11+. The third-order valence-corrected chi connectivity index (χ3v) is 4.83. The lowest BCUT2D eigenvalue weighted by Gasteiger charge is -2.08. The van der Waals surface area contributed by atoms with Crippen molar-refractivity contribution in [2.24, 2.45) is 0 Å². The van der Waals surface area contributed by atoms with E-state index in [0.29, 0.717) is 17.1 Å². The molecule has 0 amide bonds. The van der Waals surface area contributed by atoms with Crippen molar-refractivity contribution in [2.75, 3.05) is 14.2 Å². The molecule has 0 radical (unpaired) electrons. The van der Waals surface area contributed by atoms with E-state index in [0.717, 1.165) is 6.08 Å². The lowest BCUT2D eigenvalue weighted by Crippen LogP contribution is -2.01. The molecule has 0 heterocycles. The summed E-state index contributed by atoms with van der Waals surface area (Å²) in [5, 5.41) is -1.17. The quantitative estimate of drug-likeness (QED) is 0.810. The van der Waals surface area contributed by atoms with Crippen molar-refractivity contribution in [1.82, 2.24) is 0 Å². The van der Waals surface area contributed by atoms with Crippen LogP contribution in [0.5, 0.6) is 11.5 Å². The first kappa shape index (κ1) is 17.0. The predicted molar refractivity (Wildman–Crippen MR) is 86.1 cm³/mol. The molecule has 0 saturated carbocycles. The highest BCUT2D eigenvalue weighted by Gasteiger charge is 2.20. The normalized spacial score (nSPS) is 12.0. The van der Waals surface area contributed by atoms with E-state index < -0.39 is 15.0 Å². The third kappa shape index (κ3) is 3.90. The van der Waals surface area contributed by atoms with Crippen molar-refractivity contribution in [3.05, 3.63) is 65.3 Å². The van der Waals surface area contributed by atoms with Crippen LogP contribution in [0.2, 0.25) is 0 Å². The van der Waals surface area contributed by atoms with Crippen LogP contribution < -0.4 is 9.47 Å². The minimum atomic E-state index is -4.10. The molecule has 4 nitrogen and oxygen atoms in total. The highest BCUT2D eigenvalue weighted by molar-refractivity contribution is 7.95. The van der Waals surface area contributed by atoms with Gasteiger partial charge in [-0.2, -0.15) is 4.39 Å². The molecule has 0 fully saturated rings. The lowest BCUT2D eigenvalue weighted by molar-refractivity contribution is 0.354. The molecule has 0 bridgehead atoms. The van der Waals surface area contributed by atoms with E-state index in [-0.39, 0.29) is 11.3 Å². The Morgan fingerprint density at radius 1 is 1.04 bits per heavy atom. The molecule has 0 aliphatic rings. The van der Waals surface area contributed by atoms with E-state index in [9.17, 15) is 12.8 Å². The van der Waals surface area contributed by atoms with Crippen molar-refractivity contribution < 1.29 is 22.3 Å². The van der Waals surface area contributed by atoms with Gasteiger partial charge in [-0.1, -0.05) is 24.3 Å². The molecule has 0 saturated heterocycles. The number of halogens is 1. The molecule has 2 rings (SSSR count). The summed E-state index contributed by atoms with van der Waals surface area (Å²) >= 11 is 0. The average Bonchev–Trinajstić information content (AvgIpc) is 2.59. The summed E-state index contributed by atoms with van der Waals surface area (Å²) in [5.41, 5.74) is 0.709. The van der Waals surface area contributed by atoms with Crippen LogP contribution >= 0.6 is 0 Å². The molecule has 6 heteroatoms. The van der Waals surface area contributed by atoms with Crippen LogP contribution in [0.15, 0.2) is 64.7 Å². The topological polar surface area (TPSA) is 52.6 Å². The Kier molecular flexibility index (Phi) is 5.39. The fourth-order valence-electron chi connectivity index (χ4n) is 2.03. The maximum atomic E-state index is 14.1. The summed E-state index contributed by atoms with van der Waals surface area (Å²) in [6.45, 7) is 0. The van der Waals surface area contributed by atoms with Crippen LogP contribution in [-0.4, -0.2) is 22.6 Å². The van der Waals surface area contributed by atoms with Gasteiger partial charge >= 0.3 is 0 Å². The van der Waals surface area contributed by atoms with Crippen LogP contribution in [0.4, 0.5) is 4.39 Å². The van der Waals surface area contributed by atoms with Gasteiger partial charge < -0.3 is 9.47 Å². The van der Waals surface area contributed by atoms with Crippen LogP contribution in [0.25, 0.3) is 0 Å². The second-order valence-corrected chi connectivity index (χ2v) is 6.59. The second-order valence-electron chi connectivity index (χ2n) is 4.72. The number of methoxy groups -OCH3 is 2. The molecule has 0 aliphatic heterocycles. The second kappa shape index (κ2) is 7.28. The first-order valence-electron chi connectivity index (χ1n) is 6.85. The first-order chi connectivity index (χ1) is 11.0. The summed E-state index contributed by atoms with van der Waals surface area (Å²) in [7, 11) is -1.08. The van der Waals surface area contributed by atoms with Crippen LogP contribution in [0, 0.1) is 0 Å². The number of benzene rings is 2. The largest absolute Gasteiger partial charge is 0.493 e. The Morgan fingerprint density at radius 3 is 2.30 bits per heavy atom. The number of hydrogen-bond acceptors (Lipinski definition) is 4. The minimum Gasteiger partial charge on any atom is -0.493 e. The minimum absolute atomic E-state index is 0.0685. The molecule has 122 valence electrons. The molecule has 23 heavy (non-hydrogen) atoms. The van der Waals surface area contributed by atoms with Crippen molar-refractivity contribution in [1.29, 1.82) is 0 Å². The monoisotopic (exact) mass is 336 g/mol. The van der Waals surface area contributed by atoms with Crippen molar-refractivity contribution in [3.8, 4) is 11.5 Å². The summed E-state index contributed by atoms with van der Waals surface area (Å²) in [6, 6.07) is 12.6. The summed E-state index contributed by atoms with van der Waals surface area (Å²) in [6.07, 6.45) is 1.17. The molecule has 0 aromatic heterocycles. The summed E-state index contributed by atoms with van der Waals surface area (Å²) in [5.74, 6) is 1.06. The molecular formula is C17H17FO4S. The highest BCUT2D eigenvalue weighted by Crippen LogP contribution is 2.28.